The minimum absolute atomic E-state index is 0.00993. The highest BCUT2D eigenvalue weighted by atomic mass is 32.1. The van der Waals surface area contributed by atoms with E-state index < -0.39 is 11.5 Å². The molecule has 0 amide bonds. The number of nitrogens with zero attached hydrogens (tertiary/aromatic N) is 3. The molecule has 0 saturated heterocycles. The second-order valence-electron chi connectivity index (χ2n) is 3.28. The number of carbonyl (C=O) groups is 1. The van der Waals surface area contributed by atoms with Gasteiger partial charge in [-0.05, 0) is 12.2 Å². The van der Waals surface area contributed by atoms with E-state index in [1.807, 2.05) is 0 Å². The number of aromatic nitrogens is 4. The molecule has 0 aliphatic carbocycles. The van der Waals surface area contributed by atoms with Gasteiger partial charge in [-0.25, -0.2) is 9.97 Å². The summed E-state index contributed by atoms with van der Waals surface area (Å²) in [6, 6.07) is 0. The molecule has 0 saturated carbocycles. The lowest BCUT2D eigenvalue weighted by atomic mass is 10.4. The fourth-order valence-electron chi connectivity index (χ4n) is 1.39. The first-order chi connectivity index (χ1) is 8.09. The molecule has 0 bridgehead atoms. The molecule has 0 unspecified atom stereocenters. The lowest BCUT2D eigenvalue weighted by Gasteiger charge is -2.04. The number of aliphatic carboxylic acids is 1. The minimum atomic E-state index is -0.995. The predicted octanol–water partition coefficient (Wildman–Crippen LogP) is 0.324. The van der Waals surface area contributed by atoms with Crippen molar-refractivity contribution in [2.24, 2.45) is 0 Å². The quantitative estimate of drug-likeness (QED) is 0.763. The average Bonchev–Trinajstić information content (AvgIpc) is 2.28. The van der Waals surface area contributed by atoms with Crippen LogP contribution < -0.4 is 5.56 Å². The first-order valence-corrected chi connectivity index (χ1v) is 5.16. The van der Waals surface area contributed by atoms with Crippen LogP contribution in [0, 0.1) is 4.77 Å². The number of hydrogen-bond donors (Lipinski definition) is 2. The fraction of sp³-hybridized carbons (Fsp3) is 0.222. The highest BCUT2D eigenvalue weighted by molar-refractivity contribution is 7.71. The molecule has 2 rings (SSSR count). The zero-order chi connectivity index (χ0) is 12.4. The molecule has 0 aromatic carbocycles. The van der Waals surface area contributed by atoms with Crippen molar-refractivity contribution in [1.29, 1.82) is 0 Å². The standard InChI is InChI=1S/C9H8N4O3S/c14-5(15)1-4-13-8(16)6-7(12-9(13)17)11-3-2-10-6/h2-3H,1,4H2,(H,14,15)(H,11,12,17). The van der Waals surface area contributed by atoms with Gasteiger partial charge < -0.3 is 10.1 Å². The first kappa shape index (κ1) is 11.4. The van der Waals surface area contributed by atoms with Crippen LogP contribution in [0.1, 0.15) is 6.42 Å². The topological polar surface area (TPSA) is 101 Å². The Kier molecular flexibility index (Phi) is 2.96. The van der Waals surface area contributed by atoms with E-state index in [1.54, 1.807) is 0 Å². The Morgan fingerprint density at radius 2 is 2.18 bits per heavy atom. The molecule has 7 nitrogen and oxygen atoms in total. The van der Waals surface area contributed by atoms with Crippen molar-refractivity contribution in [3.8, 4) is 0 Å². The molecule has 17 heavy (non-hydrogen) atoms. The van der Waals surface area contributed by atoms with Crippen molar-refractivity contribution < 1.29 is 9.90 Å². The van der Waals surface area contributed by atoms with Gasteiger partial charge in [0.2, 0.25) is 0 Å². The zero-order valence-corrected chi connectivity index (χ0v) is 9.40. The fourth-order valence-corrected chi connectivity index (χ4v) is 1.66. The van der Waals surface area contributed by atoms with Crippen LogP contribution in [0.15, 0.2) is 17.2 Å². The average molecular weight is 252 g/mol. The van der Waals surface area contributed by atoms with E-state index in [2.05, 4.69) is 15.0 Å². The van der Waals surface area contributed by atoms with Gasteiger partial charge in [-0.15, -0.1) is 0 Å². The molecule has 0 aliphatic rings. The first-order valence-electron chi connectivity index (χ1n) is 4.75. The van der Waals surface area contributed by atoms with E-state index >= 15 is 0 Å². The second kappa shape index (κ2) is 4.42. The lowest BCUT2D eigenvalue weighted by molar-refractivity contribution is -0.137. The normalized spacial score (nSPS) is 10.6. The Bertz CT molecular complexity index is 690. The van der Waals surface area contributed by atoms with Crippen LogP contribution >= 0.6 is 12.2 Å². The summed E-state index contributed by atoms with van der Waals surface area (Å²) in [6.07, 6.45) is 2.65. The van der Waals surface area contributed by atoms with E-state index in [0.29, 0.717) is 5.65 Å². The number of fused-ring (bicyclic) bond motifs is 1. The molecular formula is C9H8N4O3S. The molecule has 0 atom stereocenters. The van der Waals surface area contributed by atoms with Gasteiger partial charge in [-0.3, -0.25) is 14.2 Å². The summed E-state index contributed by atoms with van der Waals surface area (Å²) in [5, 5.41) is 8.58. The Morgan fingerprint density at radius 3 is 2.88 bits per heavy atom. The van der Waals surface area contributed by atoms with Crippen LogP contribution in [0.4, 0.5) is 0 Å². The predicted molar refractivity (Wildman–Crippen MR) is 61.2 cm³/mol. The van der Waals surface area contributed by atoms with Gasteiger partial charge in [0.1, 0.15) is 0 Å². The molecule has 0 radical (unpaired) electrons. The minimum Gasteiger partial charge on any atom is -0.481 e. The Labute approximate surface area is 99.8 Å². The molecule has 8 heteroatoms. The van der Waals surface area contributed by atoms with Crippen LogP contribution in [0.25, 0.3) is 11.2 Å². The van der Waals surface area contributed by atoms with E-state index in [-0.39, 0.29) is 23.3 Å². The maximum Gasteiger partial charge on any atom is 0.305 e. The number of carboxylic acid groups (broad SMARTS) is 1. The lowest BCUT2D eigenvalue weighted by Crippen LogP contribution is -2.24. The SMILES string of the molecule is O=C(O)CCn1c(=S)[nH]c2nccnc2c1=O. The van der Waals surface area contributed by atoms with E-state index in [1.165, 1.54) is 17.0 Å². The highest BCUT2D eigenvalue weighted by Gasteiger charge is 2.08. The maximum absolute atomic E-state index is 11.9. The summed E-state index contributed by atoms with van der Waals surface area (Å²) in [6.45, 7) is 0.00993. The molecule has 2 aromatic heterocycles. The molecule has 0 fully saturated rings. The molecule has 0 aliphatic heterocycles. The summed E-state index contributed by atoms with van der Waals surface area (Å²) in [5.41, 5.74) is 0.0127. The van der Waals surface area contributed by atoms with E-state index in [9.17, 15) is 9.59 Å². The summed E-state index contributed by atoms with van der Waals surface area (Å²) in [4.78, 5) is 33.0. The number of carboxylic acids is 1. The van der Waals surface area contributed by atoms with E-state index in [0.717, 1.165) is 0 Å². The van der Waals surface area contributed by atoms with Crippen molar-refractivity contribution in [1.82, 2.24) is 19.5 Å². The third-order valence-corrected chi connectivity index (χ3v) is 2.49. The number of aromatic amines is 1. The smallest absolute Gasteiger partial charge is 0.305 e. The summed E-state index contributed by atoms with van der Waals surface area (Å²) >= 11 is 4.97. The van der Waals surface area contributed by atoms with Gasteiger partial charge >= 0.3 is 5.97 Å². The Hall–Kier alpha value is -2.09. The third kappa shape index (κ3) is 2.21. The number of H-pyrrole nitrogens is 1. The van der Waals surface area contributed by atoms with Gasteiger partial charge in [-0.1, -0.05) is 0 Å². The Balaban J connectivity index is 2.60. The van der Waals surface area contributed by atoms with Crippen molar-refractivity contribution in [3.63, 3.8) is 0 Å². The molecule has 0 spiro atoms. The Morgan fingerprint density at radius 1 is 1.47 bits per heavy atom. The molecule has 2 aromatic rings. The third-order valence-electron chi connectivity index (χ3n) is 2.17. The summed E-state index contributed by atoms with van der Waals surface area (Å²) in [5.74, 6) is -0.995. The molecule has 2 N–H and O–H groups in total. The van der Waals surface area contributed by atoms with E-state index in [4.69, 9.17) is 17.3 Å². The van der Waals surface area contributed by atoms with Gasteiger partial charge in [0, 0.05) is 18.9 Å². The van der Waals surface area contributed by atoms with Gasteiger partial charge in [-0.2, -0.15) is 0 Å². The van der Waals surface area contributed by atoms with Crippen molar-refractivity contribution in [2.45, 2.75) is 13.0 Å². The molecule has 88 valence electrons. The second-order valence-corrected chi connectivity index (χ2v) is 3.67. The molecule has 2 heterocycles. The van der Waals surface area contributed by atoms with Crippen LogP contribution in [0.3, 0.4) is 0 Å². The maximum atomic E-state index is 11.9. The van der Waals surface area contributed by atoms with Crippen LogP contribution in [-0.4, -0.2) is 30.6 Å². The van der Waals surface area contributed by atoms with Crippen LogP contribution in [0.5, 0.6) is 0 Å². The number of nitrogens with one attached hydrogen (secondary N) is 1. The van der Waals surface area contributed by atoms with Crippen molar-refractivity contribution in [3.05, 3.63) is 27.5 Å². The summed E-state index contributed by atoms with van der Waals surface area (Å²) < 4.78 is 1.31. The summed E-state index contributed by atoms with van der Waals surface area (Å²) in [7, 11) is 0. The zero-order valence-electron chi connectivity index (χ0n) is 8.58. The van der Waals surface area contributed by atoms with Crippen molar-refractivity contribution in [2.75, 3.05) is 0 Å². The highest BCUT2D eigenvalue weighted by Crippen LogP contribution is 1.99. The van der Waals surface area contributed by atoms with Crippen LogP contribution in [0.2, 0.25) is 0 Å². The molecular weight excluding hydrogens is 244 g/mol. The van der Waals surface area contributed by atoms with Crippen LogP contribution in [-0.2, 0) is 11.3 Å². The van der Waals surface area contributed by atoms with Gasteiger partial charge in [0.15, 0.2) is 15.9 Å². The number of hydrogen-bond acceptors (Lipinski definition) is 5. The monoisotopic (exact) mass is 252 g/mol. The van der Waals surface area contributed by atoms with Gasteiger partial charge in [0.05, 0.1) is 6.42 Å². The van der Waals surface area contributed by atoms with Crippen molar-refractivity contribution >= 4 is 29.4 Å². The number of rotatable bonds is 3. The largest absolute Gasteiger partial charge is 0.481 e. The van der Waals surface area contributed by atoms with Gasteiger partial charge in [0.25, 0.3) is 5.56 Å².